The van der Waals surface area contributed by atoms with Gasteiger partial charge in [0, 0.05) is 21.2 Å². The number of ketones is 1. The molecular formula is C23H18ClNO4S. The monoisotopic (exact) mass is 439 g/mol. The van der Waals surface area contributed by atoms with Gasteiger partial charge in [0.15, 0.2) is 0 Å². The number of ether oxygens (including phenoxy) is 1. The molecule has 30 heavy (non-hydrogen) atoms. The molecule has 5 nitrogen and oxygen atoms in total. The minimum absolute atomic E-state index is 0.0608. The smallest absolute Gasteiger partial charge is 0.300 e. The third-order valence-electron chi connectivity index (χ3n) is 5.05. The molecule has 1 N–H and O–H groups in total. The van der Waals surface area contributed by atoms with E-state index >= 15 is 0 Å². The lowest BCUT2D eigenvalue weighted by molar-refractivity contribution is -0.132. The lowest BCUT2D eigenvalue weighted by atomic mass is 9.97. The van der Waals surface area contributed by atoms with Gasteiger partial charge in [0.05, 0.1) is 12.7 Å². The first-order chi connectivity index (χ1) is 14.4. The van der Waals surface area contributed by atoms with Crippen LogP contribution in [0.2, 0.25) is 5.02 Å². The Labute approximate surface area is 182 Å². The summed E-state index contributed by atoms with van der Waals surface area (Å²) in [6.07, 6.45) is 0. The number of hydrogen-bond donors (Lipinski definition) is 1. The normalized spacial score (nSPS) is 18.1. The maximum atomic E-state index is 13.1. The third-order valence-corrected chi connectivity index (χ3v) is 6.23. The summed E-state index contributed by atoms with van der Waals surface area (Å²) in [5.41, 5.74) is 1.80. The highest BCUT2D eigenvalue weighted by Crippen LogP contribution is 2.44. The first-order valence-electron chi connectivity index (χ1n) is 9.17. The van der Waals surface area contributed by atoms with E-state index in [0.29, 0.717) is 22.0 Å². The van der Waals surface area contributed by atoms with E-state index in [-0.39, 0.29) is 11.3 Å². The first-order valence-corrected chi connectivity index (χ1v) is 10.4. The van der Waals surface area contributed by atoms with Crippen molar-refractivity contribution in [1.29, 1.82) is 0 Å². The van der Waals surface area contributed by atoms with Crippen LogP contribution in [0.4, 0.5) is 5.69 Å². The van der Waals surface area contributed by atoms with Crippen molar-refractivity contribution in [3.8, 4) is 5.75 Å². The molecule has 0 radical (unpaired) electrons. The summed E-state index contributed by atoms with van der Waals surface area (Å²) in [6, 6.07) is 14.8. The van der Waals surface area contributed by atoms with Crippen LogP contribution in [-0.4, -0.2) is 23.9 Å². The number of anilines is 1. The summed E-state index contributed by atoms with van der Waals surface area (Å²) in [4.78, 5) is 28.3. The summed E-state index contributed by atoms with van der Waals surface area (Å²) in [5, 5.41) is 13.5. The Morgan fingerprint density at radius 3 is 2.47 bits per heavy atom. The molecule has 2 aromatic carbocycles. The predicted octanol–water partition coefficient (Wildman–Crippen LogP) is 5.34. The van der Waals surface area contributed by atoms with Gasteiger partial charge in [-0.2, -0.15) is 0 Å². The predicted molar refractivity (Wildman–Crippen MR) is 118 cm³/mol. The van der Waals surface area contributed by atoms with Crippen LogP contribution in [0.3, 0.4) is 0 Å². The maximum Gasteiger partial charge on any atom is 0.300 e. The Hall–Kier alpha value is -3.09. The van der Waals surface area contributed by atoms with Crippen LogP contribution in [0.25, 0.3) is 5.76 Å². The molecule has 7 heteroatoms. The lowest BCUT2D eigenvalue weighted by Crippen LogP contribution is -2.29. The van der Waals surface area contributed by atoms with Gasteiger partial charge in [-0.3, -0.25) is 14.5 Å². The number of aryl methyl sites for hydroxylation is 1. The number of carbonyl (C=O) groups is 2. The summed E-state index contributed by atoms with van der Waals surface area (Å²) in [6.45, 7) is 1.81. The number of rotatable bonds is 4. The van der Waals surface area contributed by atoms with Crippen LogP contribution in [0.15, 0.2) is 65.6 Å². The maximum absolute atomic E-state index is 13.1. The van der Waals surface area contributed by atoms with Gasteiger partial charge in [-0.25, -0.2) is 0 Å². The lowest BCUT2D eigenvalue weighted by Gasteiger charge is -2.24. The molecule has 0 spiro atoms. The molecule has 0 saturated carbocycles. The molecule has 3 aromatic rings. The van der Waals surface area contributed by atoms with Gasteiger partial charge in [-0.05, 0) is 66.4 Å². The summed E-state index contributed by atoms with van der Waals surface area (Å²) in [7, 11) is 1.56. The Kier molecular flexibility index (Phi) is 5.37. The van der Waals surface area contributed by atoms with Gasteiger partial charge >= 0.3 is 0 Å². The molecule has 4 rings (SSSR count). The van der Waals surface area contributed by atoms with Crippen molar-refractivity contribution >= 4 is 46.1 Å². The van der Waals surface area contributed by atoms with Crippen molar-refractivity contribution in [3.63, 3.8) is 0 Å². The number of hydrogen-bond acceptors (Lipinski definition) is 5. The van der Waals surface area contributed by atoms with E-state index in [2.05, 4.69) is 0 Å². The second kappa shape index (κ2) is 7.97. The molecule has 1 unspecified atom stereocenters. The Morgan fingerprint density at radius 1 is 1.13 bits per heavy atom. The zero-order chi connectivity index (χ0) is 21.4. The highest BCUT2D eigenvalue weighted by Gasteiger charge is 2.47. The van der Waals surface area contributed by atoms with Crippen molar-refractivity contribution in [1.82, 2.24) is 0 Å². The molecule has 1 atom stereocenters. The van der Waals surface area contributed by atoms with Crippen LogP contribution in [-0.2, 0) is 9.59 Å². The number of thiophene rings is 1. The average Bonchev–Trinajstić information content (AvgIpc) is 3.35. The van der Waals surface area contributed by atoms with Crippen molar-refractivity contribution in [2.45, 2.75) is 13.0 Å². The SMILES string of the molecule is COc1ccc(/C(O)=C2/C(=O)C(=O)N(c3ccc(Cl)cc3)C2c2cccs2)c(C)c1. The van der Waals surface area contributed by atoms with E-state index < -0.39 is 17.7 Å². The molecule has 1 amide bonds. The number of amides is 1. The fourth-order valence-corrected chi connectivity index (χ4v) is 4.54. The minimum Gasteiger partial charge on any atom is -0.507 e. The largest absolute Gasteiger partial charge is 0.507 e. The number of Topliss-reactive ketones (excluding diaryl/α,β-unsaturated/α-hetero) is 1. The molecule has 0 aliphatic carbocycles. The molecule has 1 aliphatic rings. The van der Waals surface area contributed by atoms with Crippen molar-refractivity contribution < 1.29 is 19.4 Å². The van der Waals surface area contributed by atoms with Crippen LogP contribution in [0.1, 0.15) is 22.0 Å². The van der Waals surface area contributed by atoms with Crippen molar-refractivity contribution in [2.24, 2.45) is 0 Å². The van der Waals surface area contributed by atoms with E-state index in [4.69, 9.17) is 16.3 Å². The average molecular weight is 440 g/mol. The number of aliphatic hydroxyl groups excluding tert-OH is 1. The van der Waals surface area contributed by atoms with Crippen LogP contribution >= 0.6 is 22.9 Å². The van der Waals surface area contributed by atoms with E-state index in [1.54, 1.807) is 49.6 Å². The van der Waals surface area contributed by atoms with E-state index in [1.807, 2.05) is 24.4 Å². The van der Waals surface area contributed by atoms with E-state index in [0.717, 1.165) is 10.4 Å². The molecule has 2 heterocycles. The Bertz CT molecular complexity index is 1150. The highest BCUT2D eigenvalue weighted by atomic mass is 35.5. The zero-order valence-corrected chi connectivity index (χ0v) is 17.8. The van der Waals surface area contributed by atoms with Crippen molar-refractivity contribution in [3.05, 3.63) is 86.6 Å². The number of halogens is 1. The third kappa shape index (κ3) is 3.38. The second-order valence-electron chi connectivity index (χ2n) is 6.84. The minimum atomic E-state index is -0.729. The summed E-state index contributed by atoms with van der Waals surface area (Å²) in [5.74, 6) is -0.983. The fourth-order valence-electron chi connectivity index (χ4n) is 3.59. The molecule has 152 valence electrons. The molecular weight excluding hydrogens is 422 g/mol. The van der Waals surface area contributed by atoms with E-state index in [1.165, 1.54) is 16.2 Å². The topological polar surface area (TPSA) is 66.8 Å². The number of aliphatic hydroxyl groups is 1. The molecule has 1 fully saturated rings. The fraction of sp³-hybridized carbons (Fsp3) is 0.130. The number of benzene rings is 2. The summed E-state index contributed by atoms with van der Waals surface area (Å²) >= 11 is 7.41. The van der Waals surface area contributed by atoms with Crippen molar-refractivity contribution in [2.75, 3.05) is 12.0 Å². The van der Waals surface area contributed by atoms with Crippen LogP contribution in [0.5, 0.6) is 5.75 Å². The molecule has 1 aliphatic heterocycles. The Morgan fingerprint density at radius 2 is 1.87 bits per heavy atom. The molecule has 1 saturated heterocycles. The van der Waals surface area contributed by atoms with Gasteiger partial charge < -0.3 is 9.84 Å². The number of carbonyl (C=O) groups excluding carboxylic acids is 2. The van der Waals surface area contributed by atoms with E-state index in [9.17, 15) is 14.7 Å². The standard InChI is InChI=1S/C23H18ClNO4S/c1-13-12-16(29-2)9-10-17(13)21(26)19-20(18-4-3-11-30-18)25(23(28)22(19)27)15-7-5-14(24)6-8-15/h3-12,20,26H,1-2H3/b21-19-. The first kappa shape index (κ1) is 20.2. The van der Waals surface area contributed by atoms with Crippen LogP contribution < -0.4 is 9.64 Å². The summed E-state index contributed by atoms with van der Waals surface area (Å²) < 4.78 is 5.22. The highest BCUT2D eigenvalue weighted by molar-refractivity contribution is 7.10. The number of nitrogens with zero attached hydrogens (tertiary/aromatic N) is 1. The zero-order valence-electron chi connectivity index (χ0n) is 16.3. The molecule has 1 aromatic heterocycles. The molecule has 0 bridgehead atoms. The number of methoxy groups -OCH3 is 1. The van der Waals surface area contributed by atoms with Gasteiger partial charge in [0.1, 0.15) is 17.6 Å². The van der Waals surface area contributed by atoms with Gasteiger partial charge in [-0.15, -0.1) is 11.3 Å². The van der Waals surface area contributed by atoms with Gasteiger partial charge in [0.2, 0.25) is 0 Å². The Balaban J connectivity index is 1.92. The van der Waals surface area contributed by atoms with Crippen LogP contribution in [0, 0.1) is 6.92 Å². The quantitative estimate of drug-likeness (QED) is 0.338. The van der Waals surface area contributed by atoms with Gasteiger partial charge in [0.25, 0.3) is 11.7 Å². The van der Waals surface area contributed by atoms with Gasteiger partial charge in [-0.1, -0.05) is 17.7 Å². The second-order valence-corrected chi connectivity index (χ2v) is 8.26.